The summed E-state index contributed by atoms with van der Waals surface area (Å²) in [7, 11) is 0. The number of rotatable bonds is 4. The van der Waals surface area contributed by atoms with Crippen molar-refractivity contribution in [2.45, 2.75) is 25.5 Å². The summed E-state index contributed by atoms with van der Waals surface area (Å²) < 4.78 is 11.4. The van der Waals surface area contributed by atoms with Crippen LogP contribution in [0.25, 0.3) is 0 Å². The van der Waals surface area contributed by atoms with E-state index in [1.165, 1.54) is 0 Å². The molecule has 0 aromatic heterocycles. The molecule has 2 aromatic carbocycles. The Balaban J connectivity index is 1.68. The first-order chi connectivity index (χ1) is 12.1. The Morgan fingerprint density at radius 2 is 1.32 bits per heavy atom. The van der Waals surface area contributed by atoms with Gasteiger partial charge in [0.2, 0.25) is 0 Å². The smallest absolute Gasteiger partial charge is 0.253 e. The molecule has 1 fully saturated rings. The molecule has 1 aliphatic heterocycles. The van der Waals surface area contributed by atoms with Gasteiger partial charge in [-0.25, -0.2) is 0 Å². The van der Waals surface area contributed by atoms with Crippen molar-refractivity contribution < 1.29 is 19.1 Å². The van der Waals surface area contributed by atoms with Gasteiger partial charge in [0.1, 0.15) is 0 Å². The average Bonchev–Trinajstić information content (AvgIpc) is 2.65. The molecule has 2 aromatic rings. The van der Waals surface area contributed by atoms with Crippen molar-refractivity contribution in [3.63, 3.8) is 0 Å². The van der Waals surface area contributed by atoms with Crippen molar-refractivity contribution in [3.8, 4) is 0 Å². The fraction of sp³-hybridized carbons (Fsp3) is 0.263. The molecular formula is C19H20N2O4. The van der Waals surface area contributed by atoms with Gasteiger partial charge in [0, 0.05) is 11.1 Å². The van der Waals surface area contributed by atoms with E-state index >= 15 is 0 Å². The van der Waals surface area contributed by atoms with Crippen LogP contribution in [0.4, 0.5) is 0 Å². The van der Waals surface area contributed by atoms with Crippen molar-refractivity contribution in [2.24, 2.45) is 0 Å². The van der Waals surface area contributed by atoms with E-state index in [0.29, 0.717) is 17.7 Å². The van der Waals surface area contributed by atoms with Crippen molar-refractivity contribution in [1.82, 2.24) is 10.6 Å². The van der Waals surface area contributed by atoms with Crippen LogP contribution in [-0.4, -0.2) is 37.0 Å². The van der Waals surface area contributed by atoms with Crippen LogP contribution >= 0.6 is 0 Å². The summed E-state index contributed by atoms with van der Waals surface area (Å²) in [6.45, 7) is 2.17. The van der Waals surface area contributed by atoms with Crippen LogP contribution in [-0.2, 0) is 9.47 Å². The first kappa shape index (κ1) is 17.1. The fourth-order valence-corrected chi connectivity index (χ4v) is 2.52. The molecule has 130 valence electrons. The van der Waals surface area contributed by atoms with E-state index in [1.54, 1.807) is 48.5 Å². The minimum atomic E-state index is -0.774. The van der Waals surface area contributed by atoms with Gasteiger partial charge in [0.15, 0.2) is 12.5 Å². The van der Waals surface area contributed by atoms with Crippen LogP contribution in [0, 0.1) is 0 Å². The number of ether oxygens (including phenoxy) is 2. The normalized spacial score (nSPS) is 22.8. The van der Waals surface area contributed by atoms with Gasteiger partial charge in [-0.1, -0.05) is 36.4 Å². The number of hydrogen-bond acceptors (Lipinski definition) is 4. The van der Waals surface area contributed by atoms with E-state index < -0.39 is 12.5 Å². The summed E-state index contributed by atoms with van der Waals surface area (Å²) in [6, 6.07) is 17.6. The number of nitrogens with one attached hydrogen (secondary N) is 2. The highest BCUT2D eigenvalue weighted by molar-refractivity contribution is 5.95. The van der Waals surface area contributed by atoms with E-state index in [-0.39, 0.29) is 17.9 Å². The summed E-state index contributed by atoms with van der Waals surface area (Å²) in [5.74, 6) is -0.579. The molecule has 1 heterocycles. The Labute approximate surface area is 146 Å². The Morgan fingerprint density at radius 3 is 1.84 bits per heavy atom. The largest absolute Gasteiger partial charge is 0.351 e. The standard InChI is InChI=1S/C19H20N2O4/c1-13-12-24-18(20-16(22)14-8-4-2-5-9-14)19(25-13)21-17(23)15-10-6-3-7-11-15/h2-11,13,18-19H,12H2,1H3,(H,20,22)(H,21,23)/t13-,18-,19+/m0/s1. The molecule has 2 N–H and O–H groups in total. The number of carbonyl (C=O) groups is 2. The zero-order valence-electron chi connectivity index (χ0n) is 13.8. The lowest BCUT2D eigenvalue weighted by Crippen LogP contribution is -2.58. The van der Waals surface area contributed by atoms with Crippen molar-refractivity contribution >= 4 is 11.8 Å². The molecule has 2 amide bonds. The van der Waals surface area contributed by atoms with Gasteiger partial charge in [0.25, 0.3) is 11.8 Å². The number of carbonyl (C=O) groups excluding carboxylic acids is 2. The highest BCUT2D eigenvalue weighted by atomic mass is 16.6. The first-order valence-electron chi connectivity index (χ1n) is 8.12. The van der Waals surface area contributed by atoms with Gasteiger partial charge < -0.3 is 20.1 Å². The Morgan fingerprint density at radius 1 is 0.840 bits per heavy atom. The molecule has 0 aliphatic carbocycles. The number of hydrogen-bond donors (Lipinski definition) is 2. The zero-order chi connectivity index (χ0) is 17.6. The molecule has 0 saturated carbocycles. The molecule has 1 saturated heterocycles. The Kier molecular flexibility index (Phi) is 5.42. The Bertz CT molecular complexity index is 721. The number of benzene rings is 2. The topological polar surface area (TPSA) is 76.7 Å². The van der Waals surface area contributed by atoms with E-state index in [1.807, 2.05) is 19.1 Å². The quantitative estimate of drug-likeness (QED) is 0.892. The van der Waals surface area contributed by atoms with Gasteiger partial charge in [-0.2, -0.15) is 0 Å². The summed E-state index contributed by atoms with van der Waals surface area (Å²) in [6.07, 6.45) is -1.73. The van der Waals surface area contributed by atoms with Crippen molar-refractivity contribution in [2.75, 3.05) is 6.61 Å². The fourth-order valence-electron chi connectivity index (χ4n) is 2.52. The van der Waals surface area contributed by atoms with Crippen LogP contribution < -0.4 is 10.6 Å². The Hall–Kier alpha value is -2.70. The molecule has 0 radical (unpaired) electrons. The SMILES string of the molecule is C[C@H]1CO[C@H](NC(=O)c2ccccc2)[C@H](NC(=O)c2ccccc2)O1. The monoisotopic (exact) mass is 340 g/mol. The first-order valence-corrected chi connectivity index (χ1v) is 8.12. The second-order valence-corrected chi connectivity index (χ2v) is 5.80. The average molecular weight is 340 g/mol. The maximum atomic E-state index is 12.4. The van der Waals surface area contributed by atoms with Crippen molar-refractivity contribution in [3.05, 3.63) is 71.8 Å². The van der Waals surface area contributed by atoms with E-state index in [2.05, 4.69) is 10.6 Å². The predicted octanol–water partition coefficient (Wildman–Crippen LogP) is 1.93. The summed E-state index contributed by atoms with van der Waals surface area (Å²) in [5, 5.41) is 5.53. The second-order valence-electron chi connectivity index (χ2n) is 5.80. The minimum Gasteiger partial charge on any atom is -0.351 e. The summed E-state index contributed by atoms with van der Waals surface area (Å²) in [4.78, 5) is 24.7. The van der Waals surface area contributed by atoms with Gasteiger partial charge in [0.05, 0.1) is 12.7 Å². The maximum Gasteiger partial charge on any atom is 0.253 e. The highest BCUT2D eigenvalue weighted by Gasteiger charge is 2.33. The lowest BCUT2D eigenvalue weighted by atomic mass is 10.2. The lowest BCUT2D eigenvalue weighted by Gasteiger charge is -2.35. The molecule has 0 bridgehead atoms. The van der Waals surface area contributed by atoms with Gasteiger partial charge in [-0.05, 0) is 31.2 Å². The van der Waals surface area contributed by atoms with E-state index in [9.17, 15) is 9.59 Å². The summed E-state index contributed by atoms with van der Waals surface area (Å²) >= 11 is 0. The summed E-state index contributed by atoms with van der Waals surface area (Å²) in [5.41, 5.74) is 1.02. The molecule has 25 heavy (non-hydrogen) atoms. The van der Waals surface area contributed by atoms with Gasteiger partial charge in [-0.15, -0.1) is 0 Å². The van der Waals surface area contributed by atoms with Crippen LogP contribution in [0.2, 0.25) is 0 Å². The van der Waals surface area contributed by atoms with Crippen LogP contribution in [0.15, 0.2) is 60.7 Å². The van der Waals surface area contributed by atoms with Crippen LogP contribution in [0.5, 0.6) is 0 Å². The third-order valence-corrected chi connectivity index (χ3v) is 3.78. The van der Waals surface area contributed by atoms with Crippen molar-refractivity contribution in [1.29, 1.82) is 0 Å². The lowest BCUT2D eigenvalue weighted by molar-refractivity contribution is -0.187. The minimum absolute atomic E-state index is 0.189. The van der Waals surface area contributed by atoms with Gasteiger partial charge in [-0.3, -0.25) is 9.59 Å². The molecule has 0 spiro atoms. The molecule has 3 rings (SSSR count). The molecule has 3 atom stereocenters. The maximum absolute atomic E-state index is 12.4. The second kappa shape index (κ2) is 7.92. The van der Waals surface area contributed by atoms with Gasteiger partial charge >= 0.3 is 0 Å². The third kappa shape index (κ3) is 4.43. The number of amides is 2. The highest BCUT2D eigenvalue weighted by Crippen LogP contribution is 2.13. The molecule has 0 unspecified atom stereocenters. The molecule has 6 nitrogen and oxygen atoms in total. The molecular weight excluding hydrogens is 320 g/mol. The van der Waals surface area contributed by atoms with E-state index in [4.69, 9.17) is 9.47 Å². The van der Waals surface area contributed by atoms with E-state index in [0.717, 1.165) is 0 Å². The van der Waals surface area contributed by atoms with Crippen LogP contribution in [0.1, 0.15) is 27.6 Å². The zero-order valence-corrected chi connectivity index (χ0v) is 13.8. The molecule has 6 heteroatoms. The predicted molar refractivity (Wildman–Crippen MR) is 91.9 cm³/mol. The third-order valence-electron chi connectivity index (χ3n) is 3.78. The molecule has 1 aliphatic rings. The van der Waals surface area contributed by atoms with Crippen LogP contribution in [0.3, 0.4) is 0 Å².